The molecule has 1 aromatic heterocycles. The second kappa shape index (κ2) is 17.9. The number of pyridine rings is 1. The zero-order chi connectivity index (χ0) is 30.0. The van der Waals surface area contributed by atoms with Gasteiger partial charge in [-0.1, -0.05) is 60.9 Å². The third kappa shape index (κ3) is 11.2. The van der Waals surface area contributed by atoms with Crippen molar-refractivity contribution in [1.29, 1.82) is 0 Å². The highest BCUT2D eigenvalue weighted by Gasteiger charge is 2.17. The van der Waals surface area contributed by atoms with E-state index in [1.54, 1.807) is 27.5 Å². The molecule has 0 spiro atoms. The summed E-state index contributed by atoms with van der Waals surface area (Å²) in [7, 11) is 4.96. The Kier molecular flexibility index (Phi) is 14.2. The van der Waals surface area contributed by atoms with E-state index in [9.17, 15) is 4.79 Å². The van der Waals surface area contributed by atoms with E-state index in [1.165, 1.54) is 11.1 Å². The monoisotopic (exact) mass is 551 g/mol. The summed E-state index contributed by atoms with van der Waals surface area (Å²) in [5.41, 5.74) is 6.20. The maximum Gasteiger partial charge on any atom is 0.222 e. The van der Waals surface area contributed by atoms with Gasteiger partial charge in [-0.05, 0) is 61.7 Å². The highest BCUT2D eigenvalue weighted by Crippen LogP contribution is 2.21. The molecular weight excluding hydrogens is 510 g/mol. The molecule has 0 unspecified atom stereocenters. The Labute approximate surface area is 245 Å². The van der Waals surface area contributed by atoms with E-state index in [0.717, 1.165) is 54.3 Å². The van der Waals surface area contributed by atoms with Crippen LogP contribution in [0.25, 0.3) is 11.6 Å². The molecule has 1 aliphatic heterocycles. The van der Waals surface area contributed by atoms with Crippen LogP contribution in [0.15, 0.2) is 90.1 Å². The Morgan fingerprint density at radius 3 is 2.15 bits per heavy atom. The summed E-state index contributed by atoms with van der Waals surface area (Å²) in [4.78, 5) is 21.8. The molecule has 41 heavy (non-hydrogen) atoms. The van der Waals surface area contributed by atoms with Crippen LogP contribution in [-0.2, 0) is 4.79 Å². The third-order valence-electron chi connectivity index (χ3n) is 6.39. The van der Waals surface area contributed by atoms with Crippen molar-refractivity contribution >= 4 is 23.3 Å². The molecular formula is C35H41N3O3. The lowest BCUT2D eigenvalue weighted by atomic mass is 10.0. The van der Waals surface area contributed by atoms with Crippen molar-refractivity contribution in [2.75, 3.05) is 34.4 Å². The minimum atomic E-state index is 0.249. The van der Waals surface area contributed by atoms with Gasteiger partial charge in [0.05, 0.1) is 19.9 Å². The second-order valence-corrected chi connectivity index (χ2v) is 9.25. The number of aromatic nitrogens is 1. The fraction of sp³-hybridized carbons (Fsp3) is 0.286. The van der Waals surface area contributed by atoms with Crippen LogP contribution >= 0.6 is 0 Å². The van der Waals surface area contributed by atoms with Crippen molar-refractivity contribution in [2.45, 2.75) is 33.1 Å². The minimum Gasteiger partial charge on any atom is -0.497 e. The number of carbonyl (C=O) groups excluding carboxylic acids is 1. The van der Waals surface area contributed by atoms with Crippen LogP contribution in [0.4, 0.5) is 0 Å². The van der Waals surface area contributed by atoms with Crippen molar-refractivity contribution in [2.24, 2.45) is 4.99 Å². The van der Waals surface area contributed by atoms with Gasteiger partial charge in [-0.15, -0.1) is 6.42 Å². The Morgan fingerprint density at radius 1 is 1.02 bits per heavy atom. The van der Waals surface area contributed by atoms with Crippen LogP contribution in [0.2, 0.25) is 0 Å². The van der Waals surface area contributed by atoms with Gasteiger partial charge in [-0.2, -0.15) is 0 Å². The zero-order valence-electron chi connectivity index (χ0n) is 24.9. The van der Waals surface area contributed by atoms with E-state index >= 15 is 0 Å². The number of rotatable bonds is 6. The average Bonchev–Trinajstić information content (AvgIpc) is 3.03. The molecule has 4 rings (SSSR count). The van der Waals surface area contributed by atoms with Crippen molar-refractivity contribution in [3.05, 3.63) is 102 Å². The number of terminal acetylenes is 1. The Bertz CT molecular complexity index is 1340. The number of carbonyl (C=O) groups is 1. The molecule has 1 fully saturated rings. The van der Waals surface area contributed by atoms with Crippen LogP contribution in [0, 0.1) is 12.3 Å². The Morgan fingerprint density at radius 2 is 1.66 bits per heavy atom. The van der Waals surface area contributed by atoms with E-state index in [2.05, 4.69) is 40.7 Å². The number of amides is 1. The highest BCUT2D eigenvalue weighted by molar-refractivity contribution is 6.12. The molecule has 6 nitrogen and oxygen atoms in total. The molecule has 2 heterocycles. The number of aliphatic imine (C=N–C) groups is 1. The highest BCUT2D eigenvalue weighted by atomic mass is 16.5. The van der Waals surface area contributed by atoms with E-state index in [1.807, 2.05) is 73.3 Å². The summed E-state index contributed by atoms with van der Waals surface area (Å²) in [6.45, 7) is 9.39. The van der Waals surface area contributed by atoms with Crippen molar-refractivity contribution < 1.29 is 14.3 Å². The molecule has 1 saturated heterocycles. The maximum atomic E-state index is 11.6. The van der Waals surface area contributed by atoms with Crippen LogP contribution in [0.5, 0.6) is 11.5 Å². The normalized spacial score (nSPS) is 12.4. The molecule has 1 aliphatic rings. The summed E-state index contributed by atoms with van der Waals surface area (Å²) in [5, 5.41) is 0. The molecule has 0 aliphatic carbocycles. The summed E-state index contributed by atoms with van der Waals surface area (Å²) >= 11 is 0. The first-order valence-electron chi connectivity index (χ1n) is 13.6. The molecule has 2 aromatic carbocycles. The number of nitrogens with zero attached hydrogens (tertiary/aromatic N) is 3. The maximum absolute atomic E-state index is 11.6. The molecule has 0 atom stereocenters. The summed E-state index contributed by atoms with van der Waals surface area (Å²) in [6.07, 6.45) is 11.6. The fourth-order valence-corrected chi connectivity index (χ4v) is 4.00. The second-order valence-electron chi connectivity index (χ2n) is 9.25. The van der Waals surface area contributed by atoms with Gasteiger partial charge < -0.3 is 14.4 Å². The smallest absolute Gasteiger partial charge is 0.222 e. The van der Waals surface area contributed by atoms with E-state index < -0.39 is 0 Å². The van der Waals surface area contributed by atoms with Crippen LogP contribution < -0.4 is 9.47 Å². The first kappa shape index (κ1) is 32.6. The lowest BCUT2D eigenvalue weighted by Crippen LogP contribution is -2.35. The lowest BCUT2D eigenvalue weighted by Gasteiger charge is -2.28. The van der Waals surface area contributed by atoms with Gasteiger partial charge >= 0.3 is 0 Å². The Balaban J connectivity index is 0.000000232. The molecule has 6 heteroatoms. The largest absolute Gasteiger partial charge is 0.497 e. The number of hydrogen-bond acceptors (Lipinski definition) is 5. The molecule has 0 bridgehead atoms. The molecule has 0 radical (unpaired) electrons. The number of likely N-dealkylation sites (tertiary alicyclic amines) is 1. The average molecular weight is 552 g/mol. The topological polar surface area (TPSA) is 64.0 Å². The summed E-state index contributed by atoms with van der Waals surface area (Å²) in [6, 6.07) is 21.4. The molecule has 0 saturated carbocycles. The standard InChI is InChI=1S/C15H20N2O2.C11H11NO.C9H10/c1-3-15(18)17-8-5-12(6-9-17)10-13-11-14(19-2)4-7-16-13;1-4-11(12-2)9-5-7-10(13-3)8-6-9;1-8(2)9-6-4-3-5-7-9/h4,7,10-11H,3,5-6,8-9H2,1-2H3;1,5-8H,2-3H3;3-7H,1H2,2H3. The van der Waals surface area contributed by atoms with Crippen LogP contribution in [0.3, 0.4) is 0 Å². The molecule has 0 N–H and O–H groups in total. The molecule has 3 aromatic rings. The summed E-state index contributed by atoms with van der Waals surface area (Å²) < 4.78 is 10.2. The predicted molar refractivity (Wildman–Crippen MR) is 170 cm³/mol. The van der Waals surface area contributed by atoms with Crippen molar-refractivity contribution in [3.8, 4) is 23.8 Å². The fourth-order valence-electron chi connectivity index (χ4n) is 4.00. The van der Waals surface area contributed by atoms with Gasteiger partial charge in [-0.25, -0.2) is 0 Å². The van der Waals surface area contributed by atoms with Gasteiger partial charge in [0, 0.05) is 44.4 Å². The van der Waals surface area contributed by atoms with Gasteiger partial charge in [0.2, 0.25) is 5.91 Å². The van der Waals surface area contributed by atoms with Gasteiger partial charge in [-0.3, -0.25) is 14.8 Å². The Hall–Kier alpha value is -4.63. The third-order valence-corrected chi connectivity index (χ3v) is 6.39. The van der Waals surface area contributed by atoms with E-state index in [0.29, 0.717) is 12.1 Å². The van der Waals surface area contributed by atoms with Gasteiger partial charge in [0.15, 0.2) is 0 Å². The number of benzene rings is 2. The lowest BCUT2D eigenvalue weighted by molar-refractivity contribution is -0.131. The number of methoxy groups -OCH3 is 2. The van der Waals surface area contributed by atoms with Gasteiger partial charge in [0.25, 0.3) is 0 Å². The number of hydrogen-bond donors (Lipinski definition) is 0. The number of allylic oxidation sites excluding steroid dienone is 1. The number of ether oxygens (including phenoxy) is 2. The molecule has 214 valence electrons. The van der Waals surface area contributed by atoms with E-state index in [4.69, 9.17) is 15.9 Å². The zero-order valence-corrected chi connectivity index (χ0v) is 24.9. The van der Waals surface area contributed by atoms with Crippen molar-refractivity contribution in [3.63, 3.8) is 0 Å². The minimum absolute atomic E-state index is 0.249. The first-order valence-corrected chi connectivity index (χ1v) is 13.6. The van der Waals surface area contributed by atoms with E-state index in [-0.39, 0.29) is 5.91 Å². The van der Waals surface area contributed by atoms with Crippen LogP contribution in [0.1, 0.15) is 49.9 Å². The summed E-state index contributed by atoms with van der Waals surface area (Å²) in [5.74, 6) is 4.40. The van der Waals surface area contributed by atoms with Gasteiger partial charge in [0.1, 0.15) is 17.2 Å². The predicted octanol–water partition coefficient (Wildman–Crippen LogP) is 6.97. The molecule has 1 amide bonds. The number of piperidine rings is 1. The SMILES string of the molecule is C#CC(=NC)c1ccc(OC)cc1.C=C(C)c1ccccc1.CCC(=O)N1CCC(=Cc2cc(OC)ccn2)CC1. The first-order chi connectivity index (χ1) is 19.8. The quantitative estimate of drug-likeness (QED) is 0.245. The van der Waals surface area contributed by atoms with Crippen molar-refractivity contribution in [1.82, 2.24) is 9.88 Å². The van der Waals surface area contributed by atoms with Crippen LogP contribution in [-0.4, -0.2) is 55.9 Å².